The average Bonchev–Trinajstić information content (AvgIpc) is 2.81. The van der Waals surface area contributed by atoms with Crippen molar-refractivity contribution in [3.63, 3.8) is 0 Å². The number of nitrogens with zero attached hydrogens (tertiary/aromatic N) is 2. The van der Waals surface area contributed by atoms with Crippen LogP contribution in [0.15, 0.2) is 54.6 Å². The number of para-hydroxylation sites is 1. The van der Waals surface area contributed by atoms with Crippen molar-refractivity contribution in [1.82, 2.24) is 4.90 Å². The number of alkyl halides is 3. The van der Waals surface area contributed by atoms with E-state index in [-0.39, 0.29) is 18.0 Å². The van der Waals surface area contributed by atoms with Gasteiger partial charge in [0, 0.05) is 17.5 Å². The summed E-state index contributed by atoms with van der Waals surface area (Å²) in [5, 5.41) is 1.09. The first-order chi connectivity index (χ1) is 15.3. The molecular weight excluding hydrogens is 457 g/mol. The number of carbonyl (C=O) groups excluding carboxylic acids is 1. The molecule has 1 aromatic heterocycles. The predicted octanol–water partition coefficient (Wildman–Crippen LogP) is 4.31. The number of hydrogen-bond acceptors (Lipinski definition) is 4. The van der Waals surface area contributed by atoms with Gasteiger partial charge in [-0.1, -0.05) is 30.3 Å². The van der Waals surface area contributed by atoms with Crippen LogP contribution in [0.5, 0.6) is 0 Å². The molecule has 0 unspecified atom stereocenters. The predicted molar refractivity (Wildman–Crippen MR) is 116 cm³/mol. The Morgan fingerprint density at radius 1 is 1.03 bits per heavy atom. The Bertz CT molecular complexity index is 1320. The van der Waals surface area contributed by atoms with Crippen molar-refractivity contribution in [2.75, 3.05) is 0 Å². The first kappa shape index (κ1) is 24.7. The van der Waals surface area contributed by atoms with Gasteiger partial charge in [-0.15, -0.1) is 0 Å². The molecule has 0 saturated carbocycles. The third kappa shape index (κ3) is 4.58. The lowest BCUT2D eigenvalue weighted by Gasteiger charge is -2.32. The van der Waals surface area contributed by atoms with Gasteiger partial charge in [0.05, 0.1) is 11.6 Å². The van der Waals surface area contributed by atoms with Crippen LogP contribution in [0.4, 0.5) is 13.2 Å². The molecule has 0 saturated heterocycles. The molecule has 4 rings (SSSR count). The molecule has 0 fully saturated rings. The molecule has 3 aromatic rings. The molecule has 1 amide bonds. The van der Waals surface area contributed by atoms with Gasteiger partial charge in [-0.05, 0) is 44.5 Å². The molecule has 1 atom stereocenters. The van der Waals surface area contributed by atoms with Crippen molar-refractivity contribution in [1.29, 1.82) is 0 Å². The van der Waals surface area contributed by atoms with E-state index in [1.807, 2.05) is 17.0 Å². The Balaban J connectivity index is 0.000000331. The standard InChI is InChI=1S/C22H23N2O.CHF3O3S/c1-14(2)24-15(3)17-10-6-7-11-18(17)21-19(22(24)25)13-16-9-5-8-12-20(16)23(21)4;2-1(3,4)8(5,6)7/h5-15H,1-4H3;(H,5,6,7)/q+1;/p-1/t15-;/m0./s1. The number of aryl methyl sites for hydroxylation is 1. The van der Waals surface area contributed by atoms with Gasteiger partial charge < -0.3 is 9.45 Å². The molecule has 10 heteroatoms. The Kier molecular flexibility index (Phi) is 6.54. The second-order valence-corrected chi connectivity index (χ2v) is 9.36. The van der Waals surface area contributed by atoms with Crippen LogP contribution in [0.3, 0.4) is 0 Å². The molecule has 1 aliphatic rings. The summed E-state index contributed by atoms with van der Waals surface area (Å²) in [5.41, 5.74) is -0.369. The van der Waals surface area contributed by atoms with Crippen molar-refractivity contribution < 1.29 is 35.5 Å². The maximum absolute atomic E-state index is 13.5. The number of carbonyl (C=O) groups is 1. The van der Waals surface area contributed by atoms with Gasteiger partial charge in [0.15, 0.2) is 10.1 Å². The Hall–Kier alpha value is -2.98. The highest BCUT2D eigenvalue weighted by molar-refractivity contribution is 7.86. The van der Waals surface area contributed by atoms with Crippen LogP contribution in [0, 0.1) is 0 Å². The van der Waals surface area contributed by atoms with Crippen LogP contribution >= 0.6 is 0 Å². The van der Waals surface area contributed by atoms with Crippen LogP contribution in [0.1, 0.15) is 42.7 Å². The highest BCUT2D eigenvalue weighted by Gasteiger charge is 2.38. The first-order valence-electron chi connectivity index (χ1n) is 10.1. The van der Waals surface area contributed by atoms with Crippen molar-refractivity contribution in [3.05, 3.63) is 65.7 Å². The third-order valence-corrected chi connectivity index (χ3v) is 6.14. The number of hydrogen-bond donors (Lipinski definition) is 0. The highest BCUT2D eigenvalue weighted by atomic mass is 32.2. The summed E-state index contributed by atoms with van der Waals surface area (Å²) in [6.07, 6.45) is 0. The van der Waals surface area contributed by atoms with E-state index in [1.165, 1.54) is 5.56 Å². The molecule has 33 heavy (non-hydrogen) atoms. The van der Waals surface area contributed by atoms with Gasteiger partial charge in [0.25, 0.3) is 5.91 Å². The van der Waals surface area contributed by atoms with Crippen molar-refractivity contribution in [2.24, 2.45) is 7.05 Å². The molecule has 0 radical (unpaired) electrons. The molecular formula is C23H23F3N2O4S. The number of fused-ring (bicyclic) bond motifs is 4. The summed E-state index contributed by atoms with van der Waals surface area (Å²) < 4.78 is 61.1. The van der Waals surface area contributed by atoms with E-state index in [2.05, 4.69) is 74.9 Å². The summed E-state index contributed by atoms with van der Waals surface area (Å²) in [5.74, 6) is 0.107. The van der Waals surface area contributed by atoms with Crippen LogP contribution in [-0.4, -0.2) is 35.3 Å². The van der Waals surface area contributed by atoms with Crippen LogP contribution < -0.4 is 4.57 Å². The largest absolute Gasteiger partial charge is 0.741 e. The second-order valence-electron chi connectivity index (χ2n) is 7.99. The van der Waals surface area contributed by atoms with Crippen LogP contribution in [0.2, 0.25) is 0 Å². The fraction of sp³-hybridized carbons (Fsp3) is 0.304. The van der Waals surface area contributed by atoms with Crippen molar-refractivity contribution in [2.45, 2.75) is 38.4 Å². The van der Waals surface area contributed by atoms with Gasteiger partial charge >= 0.3 is 5.51 Å². The maximum Gasteiger partial charge on any atom is 0.485 e. The molecule has 0 bridgehead atoms. The zero-order valence-electron chi connectivity index (χ0n) is 18.4. The van der Waals surface area contributed by atoms with E-state index >= 15 is 0 Å². The fourth-order valence-corrected chi connectivity index (χ4v) is 4.15. The zero-order chi connectivity index (χ0) is 24.7. The number of rotatable bonds is 1. The average molecular weight is 481 g/mol. The molecule has 2 heterocycles. The van der Waals surface area contributed by atoms with E-state index in [0.29, 0.717) is 0 Å². The Morgan fingerprint density at radius 2 is 1.58 bits per heavy atom. The number of halogens is 3. The molecule has 0 spiro atoms. The maximum atomic E-state index is 13.5. The minimum atomic E-state index is -6.09. The number of amides is 1. The molecule has 6 nitrogen and oxygen atoms in total. The molecule has 1 aliphatic heterocycles. The summed E-state index contributed by atoms with van der Waals surface area (Å²) in [6.45, 7) is 6.30. The monoisotopic (exact) mass is 480 g/mol. The summed E-state index contributed by atoms with van der Waals surface area (Å²) in [4.78, 5) is 15.5. The number of aromatic nitrogens is 1. The molecule has 2 aromatic carbocycles. The highest BCUT2D eigenvalue weighted by Crippen LogP contribution is 2.38. The van der Waals surface area contributed by atoms with Gasteiger partial charge in [0.2, 0.25) is 11.2 Å². The van der Waals surface area contributed by atoms with E-state index in [1.54, 1.807) is 0 Å². The minimum Gasteiger partial charge on any atom is -0.741 e. The number of benzene rings is 2. The van der Waals surface area contributed by atoms with Gasteiger partial charge in [0.1, 0.15) is 12.6 Å². The lowest BCUT2D eigenvalue weighted by atomic mass is 9.97. The lowest BCUT2D eigenvalue weighted by molar-refractivity contribution is -0.633. The fourth-order valence-electron chi connectivity index (χ4n) is 4.15. The van der Waals surface area contributed by atoms with E-state index < -0.39 is 15.6 Å². The van der Waals surface area contributed by atoms with Crippen molar-refractivity contribution >= 4 is 26.9 Å². The zero-order valence-corrected chi connectivity index (χ0v) is 19.2. The Labute approximate surface area is 190 Å². The van der Waals surface area contributed by atoms with E-state index in [9.17, 15) is 18.0 Å². The van der Waals surface area contributed by atoms with E-state index in [4.69, 9.17) is 13.0 Å². The second kappa shape index (κ2) is 8.75. The topological polar surface area (TPSA) is 81.4 Å². The minimum absolute atomic E-state index is 0.0409. The first-order valence-corrected chi connectivity index (χ1v) is 11.5. The quantitative estimate of drug-likeness (QED) is 0.295. The molecule has 0 N–H and O–H groups in total. The Morgan fingerprint density at radius 3 is 2.15 bits per heavy atom. The van der Waals surface area contributed by atoms with Crippen molar-refractivity contribution in [3.8, 4) is 11.3 Å². The van der Waals surface area contributed by atoms with Gasteiger partial charge in [-0.2, -0.15) is 17.7 Å². The molecule has 0 aliphatic carbocycles. The van der Waals surface area contributed by atoms with Crippen LogP contribution in [0.25, 0.3) is 22.2 Å². The normalized spacial score (nSPS) is 16.1. The van der Waals surface area contributed by atoms with E-state index in [0.717, 1.165) is 27.7 Å². The lowest BCUT2D eigenvalue weighted by Crippen LogP contribution is -2.39. The molecule has 176 valence electrons. The number of pyridine rings is 1. The summed E-state index contributed by atoms with van der Waals surface area (Å²) >= 11 is 0. The third-order valence-electron chi connectivity index (χ3n) is 5.58. The van der Waals surface area contributed by atoms with Gasteiger partial charge in [-0.3, -0.25) is 4.79 Å². The smallest absolute Gasteiger partial charge is 0.485 e. The SMILES string of the molecule is CC(C)N1C(=O)c2cc3ccccc3[n+](C)c2-c2ccccc2[C@@H]1C.O=S(=O)([O-])C(F)(F)F. The van der Waals surface area contributed by atoms with Crippen LogP contribution in [-0.2, 0) is 17.2 Å². The van der Waals surface area contributed by atoms with Gasteiger partial charge in [-0.25, -0.2) is 8.42 Å². The summed E-state index contributed by atoms with van der Waals surface area (Å²) in [6, 6.07) is 18.9. The summed E-state index contributed by atoms with van der Waals surface area (Å²) in [7, 11) is -4.03.